The van der Waals surface area contributed by atoms with E-state index in [0.29, 0.717) is 18.1 Å². The van der Waals surface area contributed by atoms with Gasteiger partial charge in [-0.05, 0) is 35.9 Å². The zero-order chi connectivity index (χ0) is 21.2. The summed E-state index contributed by atoms with van der Waals surface area (Å²) in [6, 6.07) is 25.6. The highest BCUT2D eigenvalue weighted by molar-refractivity contribution is 7.98. The minimum atomic E-state index is -0.00548. The van der Waals surface area contributed by atoms with Gasteiger partial charge in [0.2, 0.25) is 0 Å². The summed E-state index contributed by atoms with van der Waals surface area (Å²) in [5.74, 6) is 1.38. The predicted octanol–water partition coefficient (Wildman–Crippen LogP) is 5.64. The molecule has 0 atom stereocenters. The summed E-state index contributed by atoms with van der Waals surface area (Å²) in [5.41, 5.74) is 2.90. The van der Waals surface area contributed by atoms with Crippen molar-refractivity contribution in [2.24, 2.45) is 0 Å². The Balaban J connectivity index is 1.54. The molecule has 0 saturated heterocycles. The second kappa shape index (κ2) is 8.70. The Kier molecular flexibility index (Phi) is 5.63. The summed E-state index contributed by atoms with van der Waals surface area (Å²) in [7, 11) is 0. The largest absolute Gasteiger partial charge is 0.308 e. The first-order valence-electron chi connectivity index (χ1n) is 9.65. The monoisotopic (exact) mass is 464 g/mol. The van der Waals surface area contributed by atoms with Crippen molar-refractivity contribution in [3.8, 4) is 5.69 Å². The van der Waals surface area contributed by atoms with E-state index in [-0.39, 0.29) is 4.87 Å². The number of rotatable bonds is 6. The second-order valence-electron chi connectivity index (χ2n) is 6.87. The summed E-state index contributed by atoms with van der Waals surface area (Å²) in [5, 5.41) is 10.4. The Labute approximate surface area is 191 Å². The molecule has 0 aliphatic rings. The Morgan fingerprint density at radius 3 is 2.48 bits per heavy atom. The van der Waals surface area contributed by atoms with Gasteiger partial charge in [0.25, 0.3) is 0 Å². The molecule has 0 amide bonds. The van der Waals surface area contributed by atoms with E-state index in [9.17, 15) is 4.79 Å². The van der Waals surface area contributed by atoms with Crippen molar-refractivity contribution in [2.45, 2.75) is 17.5 Å². The SMILES string of the molecule is O=c1sc2ccccc2n1Cc1nnc(SCc2ccccc2Cl)n1-c1ccccc1. The van der Waals surface area contributed by atoms with Gasteiger partial charge in [0.15, 0.2) is 11.0 Å². The minimum absolute atomic E-state index is 0.00548. The zero-order valence-corrected chi connectivity index (χ0v) is 18.7. The summed E-state index contributed by atoms with van der Waals surface area (Å²) in [6.45, 7) is 0.345. The lowest BCUT2D eigenvalue weighted by Gasteiger charge is -2.11. The Morgan fingerprint density at radius 1 is 0.903 bits per heavy atom. The summed E-state index contributed by atoms with van der Waals surface area (Å²) < 4.78 is 4.73. The van der Waals surface area contributed by atoms with Crippen LogP contribution in [0.2, 0.25) is 5.02 Å². The molecule has 3 aromatic carbocycles. The van der Waals surface area contributed by atoms with Crippen molar-refractivity contribution in [1.29, 1.82) is 0 Å². The van der Waals surface area contributed by atoms with Crippen molar-refractivity contribution in [2.75, 3.05) is 0 Å². The molecule has 0 spiro atoms. The highest BCUT2D eigenvalue weighted by Gasteiger charge is 2.17. The van der Waals surface area contributed by atoms with Gasteiger partial charge in [-0.1, -0.05) is 83.2 Å². The number of thioether (sulfide) groups is 1. The molecule has 0 aliphatic heterocycles. The zero-order valence-electron chi connectivity index (χ0n) is 16.3. The molecule has 0 aliphatic carbocycles. The van der Waals surface area contributed by atoms with Crippen LogP contribution in [0.1, 0.15) is 11.4 Å². The van der Waals surface area contributed by atoms with Gasteiger partial charge in [-0.15, -0.1) is 10.2 Å². The fourth-order valence-electron chi connectivity index (χ4n) is 3.40. The third kappa shape index (κ3) is 4.04. The number of halogens is 1. The van der Waals surface area contributed by atoms with E-state index >= 15 is 0 Å². The quantitative estimate of drug-likeness (QED) is 0.305. The van der Waals surface area contributed by atoms with Crippen LogP contribution < -0.4 is 4.87 Å². The molecular formula is C23H17ClN4OS2. The van der Waals surface area contributed by atoms with Crippen LogP contribution >= 0.6 is 34.7 Å². The summed E-state index contributed by atoms with van der Waals surface area (Å²) >= 11 is 9.14. The van der Waals surface area contributed by atoms with Crippen LogP contribution in [0.3, 0.4) is 0 Å². The highest BCUT2D eigenvalue weighted by Crippen LogP contribution is 2.28. The van der Waals surface area contributed by atoms with Gasteiger partial charge in [0, 0.05) is 16.5 Å². The van der Waals surface area contributed by atoms with Crippen LogP contribution in [-0.4, -0.2) is 19.3 Å². The molecule has 0 bridgehead atoms. The first-order valence-corrected chi connectivity index (χ1v) is 11.8. The van der Waals surface area contributed by atoms with Gasteiger partial charge >= 0.3 is 4.87 Å². The van der Waals surface area contributed by atoms with Crippen LogP contribution in [0.25, 0.3) is 15.9 Å². The van der Waals surface area contributed by atoms with Crippen molar-refractivity contribution in [3.05, 3.63) is 105 Å². The number of hydrogen-bond acceptors (Lipinski definition) is 5. The topological polar surface area (TPSA) is 52.7 Å². The molecule has 0 fully saturated rings. The smallest absolute Gasteiger partial charge is 0.291 e. The number of hydrogen-bond donors (Lipinski definition) is 0. The fourth-order valence-corrected chi connectivity index (χ4v) is 5.54. The van der Waals surface area contributed by atoms with Gasteiger partial charge in [-0.25, -0.2) is 0 Å². The Bertz CT molecular complexity index is 1410. The van der Waals surface area contributed by atoms with E-state index in [4.69, 9.17) is 11.6 Å². The van der Waals surface area contributed by atoms with Crippen molar-refractivity contribution >= 4 is 44.9 Å². The van der Waals surface area contributed by atoms with Crippen LogP contribution in [0.15, 0.2) is 88.8 Å². The van der Waals surface area contributed by atoms with Gasteiger partial charge in [0.05, 0.1) is 16.8 Å². The van der Waals surface area contributed by atoms with E-state index in [2.05, 4.69) is 10.2 Å². The number of fused-ring (bicyclic) bond motifs is 1. The molecule has 5 rings (SSSR count). The van der Waals surface area contributed by atoms with Gasteiger partial charge < -0.3 is 0 Å². The van der Waals surface area contributed by atoms with E-state index in [1.807, 2.05) is 83.4 Å². The van der Waals surface area contributed by atoms with E-state index in [1.165, 1.54) is 11.3 Å². The molecule has 5 nitrogen and oxygen atoms in total. The summed E-state index contributed by atoms with van der Waals surface area (Å²) in [6.07, 6.45) is 0. The minimum Gasteiger partial charge on any atom is -0.291 e. The highest BCUT2D eigenvalue weighted by atomic mass is 35.5. The van der Waals surface area contributed by atoms with Crippen molar-refractivity contribution in [3.63, 3.8) is 0 Å². The maximum Gasteiger partial charge on any atom is 0.308 e. The van der Waals surface area contributed by atoms with E-state index in [0.717, 1.165) is 31.6 Å². The molecule has 2 aromatic heterocycles. The van der Waals surface area contributed by atoms with Gasteiger partial charge in [0.1, 0.15) is 0 Å². The first kappa shape index (κ1) is 20.1. The Hall–Kier alpha value is -2.87. The molecule has 0 saturated carbocycles. The molecule has 154 valence electrons. The molecule has 0 unspecified atom stereocenters. The average molecular weight is 465 g/mol. The van der Waals surface area contributed by atoms with Gasteiger partial charge in [-0.2, -0.15) is 0 Å². The van der Waals surface area contributed by atoms with E-state index < -0.39 is 0 Å². The van der Waals surface area contributed by atoms with Crippen LogP contribution in [0, 0.1) is 0 Å². The van der Waals surface area contributed by atoms with Crippen LogP contribution in [0.4, 0.5) is 0 Å². The lowest BCUT2D eigenvalue weighted by Crippen LogP contribution is -2.16. The number of thiazole rings is 1. The van der Waals surface area contributed by atoms with Crippen molar-refractivity contribution in [1.82, 2.24) is 19.3 Å². The normalized spacial score (nSPS) is 11.3. The van der Waals surface area contributed by atoms with Crippen LogP contribution in [0.5, 0.6) is 0 Å². The number of aromatic nitrogens is 4. The summed E-state index contributed by atoms with van der Waals surface area (Å²) in [4.78, 5) is 12.6. The third-order valence-corrected chi connectivity index (χ3v) is 7.21. The standard InChI is InChI=1S/C23H17ClN4OS2/c24-18-11-5-4-8-16(18)15-30-22-26-25-21(28(22)17-9-2-1-3-10-17)14-27-19-12-6-7-13-20(19)31-23(27)29/h1-13H,14-15H2. The predicted molar refractivity (Wildman–Crippen MR) is 128 cm³/mol. The Morgan fingerprint density at radius 2 is 1.65 bits per heavy atom. The maximum absolute atomic E-state index is 12.6. The number of nitrogens with zero attached hydrogens (tertiary/aromatic N) is 4. The first-order chi connectivity index (χ1) is 15.2. The van der Waals surface area contributed by atoms with Gasteiger partial charge in [-0.3, -0.25) is 13.9 Å². The van der Waals surface area contributed by atoms with Crippen LogP contribution in [-0.2, 0) is 12.3 Å². The third-order valence-electron chi connectivity index (χ3n) is 4.90. The average Bonchev–Trinajstić information content (AvgIpc) is 3.34. The molecular weight excluding hydrogens is 448 g/mol. The number of para-hydroxylation sites is 2. The molecule has 0 N–H and O–H groups in total. The van der Waals surface area contributed by atoms with E-state index in [1.54, 1.807) is 16.3 Å². The second-order valence-corrected chi connectivity index (χ2v) is 9.21. The lowest BCUT2D eigenvalue weighted by atomic mass is 10.2. The van der Waals surface area contributed by atoms with Crippen molar-refractivity contribution < 1.29 is 0 Å². The fraction of sp³-hybridized carbons (Fsp3) is 0.0870. The molecule has 5 aromatic rings. The maximum atomic E-state index is 12.6. The molecule has 2 heterocycles. The molecule has 8 heteroatoms. The lowest BCUT2D eigenvalue weighted by molar-refractivity contribution is 0.726. The molecule has 0 radical (unpaired) electrons. The number of benzene rings is 3. The molecule has 31 heavy (non-hydrogen) atoms.